The summed E-state index contributed by atoms with van der Waals surface area (Å²) in [5.74, 6) is -0.254. The molecular formula is C12H16ClNO2. The van der Waals surface area contributed by atoms with Crippen LogP contribution in [0.2, 0.25) is 0 Å². The molecule has 1 N–H and O–H groups in total. The number of amides is 1. The lowest BCUT2D eigenvalue weighted by atomic mass is 10.0. The van der Waals surface area contributed by atoms with Crippen LogP contribution >= 0.6 is 11.6 Å². The van der Waals surface area contributed by atoms with Crippen LogP contribution in [0.4, 0.5) is 5.69 Å². The van der Waals surface area contributed by atoms with Gasteiger partial charge in [0.05, 0.1) is 6.10 Å². The third-order valence-electron chi connectivity index (χ3n) is 2.48. The second-order valence-electron chi connectivity index (χ2n) is 3.60. The maximum atomic E-state index is 11.3. The summed E-state index contributed by atoms with van der Waals surface area (Å²) in [7, 11) is 1.64. The molecule has 1 aromatic rings. The van der Waals surface area contributed by atoms with Crippen LogP contribution in [0.3, 0.4) is 0 Å². The highest BCUT2D eigenvalue weighted by Gasteiger charge is 2.13. The van der Waals surface area contributed by atoms with Gasteiger partial charge in [0.2, 0.25) is 5.91 Å². The highest BCUT2D eigenvalue weighted by molar-refractivity contribution is 6.29. The zero-order valence-electron chi connectivity index (χ0n) is 9.71. The number of ether oxygens (including phenoxy) is 1. The third-order valence-corrected chi connectivity index (χ3v) is 2.73. The van der Waals surface area contributed by atoms with Gasteiger partial charge in [-0.1, -0.05) is 18.2 Å². The lowest BCUT2D eigenvalue weighted by molar-refractivity contribution is -0.113. The number of hydrogen-bond donors (Lipinski definition) is 1. The van der Waals surface area contributed by atoms with Gasteiger partial charge in [0.1, 0.15) is 5.88 Å². The van der Waals surface area contributed by atoms with Gasteiger partial charge in [0.15, 0.2) is 0 Å². The van der Waals surface area contributed by atoms with Crippen LogP contribution < -0.4 is 5.32 Å². The second-order valence-corrected chi connectivity index (χ2v) is 3.87. The van der Waals surface area contributed by atoms with Crippen LogP contribution in [-0.4, -0.2) is 18.9 Å². The van der Waals surface area contributed by atoms with E-state index in [0.717, 1.165) is 16.8 Å². The first kappa shape index (κ1) is 13.0. The molecule has 0 heterocycles. The minimum Gasteiger partial charge on any atom is -0.377 e. The third kappa shape index (κ3) is 2.97. The second kappa shape index (κ2) is 5.87. The maximum Gasteiger partial charge on any atom is 0.239 e. The van der Waals surface area contributed by atoms with Gasteiger partial charge < -0.3 is 10.1 Å². The molecule has 0 fully saturated rings. The van der Waals surface area contributed by atoms with E-state index in [-0.39, 0.29) is 17.9 Å². The van der Waals surface area contributed by atoms with Crippen molar-refractivity contribution in [1.29, 1.82) is 0 Å². The number of carbonyl (C=O) groups excluding carboxylic acids is 1. The summed E-state index contributed by atoms with van der Waals surface area (Å²) in [4.78, 5) is 11.3. The van der Waals surface area contributed by atoms with E-state index in [9.17, 15) is 4.79 Å². The SMILES string of the molecule is COC(C)c1cccc(C)c1NC(=O)CCl. The standard InChI is InChI=1S/C12H16ClNO2/c1-8-5-4-6-10(9(2)16-3)12(8)14-11(15)7-13/h4-6,9H,7H2,1-3H3,(H,14,15). The average molecular weight is 242 g/mol. The van der Waals surface area contributed by atoms with Crippen molar-refractivity contribution in [3.8, 4) is 0 Å². The summed E-state index contributed by atoms with van der Waals surface area (Å²) in [5.41, 5.74) is 2.75. The first-order valence-electron chi connectivity index (χ1n) is 5.08. The van der Waals surface area contributed by atoms with E-state index in [0.29, 0.717) is 0 Å². The van der Waals surface area contributed by atoms with Crippen LogP contribution in [0.15, 0.2) is 18.2 Å². The normalized spacial score (nSPS) is 12.2. The molecule has 0 aliphatic heterocycles. The summed E-state index contributed by atoms with van der Waals surface area (Å²) in [6.07, 6.45) is -0.0643. The van der Waals surface area contributed by atoms with Crippen LogP contribution in [0.5, 0.6) is 0 Å². The molecule has 1 aromatic carbocycles. The maximum absolute atomic E-state index is 11.3. The molecule has 16 heavy (non-hydrogen) atoms. The highest BCUT2D eigenvalue weighted by atomic mass is 35.5. The smallest absolute Gasteiger partial charge is 0.239 e. The van der Waals surface area contributed by atoms with Crippen LogP contribution in [0.1, 0.15) is 24.2 Å². The van der Waals surface area contributed by atoms with Crippen LogP contribution in [0, 0.1) is 6.92 Å². The summed E-state index contributed by atoms with van der Waals surface area (Å²) < 4.78 is 5.26. The number of rotatable bonds is 4. The molecule has 1 unspecified atom stereocenters. The fraction of sp³-hybridized carbons (Fsp3) is 0.417. The molecule has 0 aliphatic carbocycles. The number of methoxy groups -OCH3 is 1. The zero-order chi connectivity index (χ0) is 12.1. The van der Waals surface area contributed by atoms with Crippen LogP contribution in [-0.2, 0) is 9.53 Å². The number of carbonyl (C=O) groups is 1. The molecule has 0 bridgehead atoms. The average Bonchev–Trinajstić information content (AvgIpc) is 2.30. The number of anilines is 1. The predicted molar refractivity (Wildman–Crippen MR) is 66.0 cm³/mol. The van der Waals surface area contributed by atoms with E-state index in [1.165, 1.54) is 0 Å². The van der Waals surface area contributed by atoms with Crippen molar-refractivity contribution in [2.45, 2.75) is 20.0 Å². The Morgan fingerprint density at radius 3 is 2.81 bits per heavy atom. The molecule has 0 saturated carbocycles. The molecule has 4 heteroatoms. The number of aryl methyl sites for hydroxylation is 1. The van der Waals surface area contributed by atoms with E-state index in [2.05, 4.69) is 5.32 Å². The van der Waals surface area contributed by atoms with E-state index >= 15 is 0 Å². The lowest BCUT2D eigenvalue weighted by Crippen LogP contribution is -2.16. The van der Waals surface area contributed by atoms with Crippen molar-refractivity contribution in [3.05, 3.63) is 29.3 Å². The molecule has 0 spiro atoms. The Bertz CT molecular complexity index is 379. The lowest BCUT2D eigenvalue weighted by Gasteiger charge is -2.17. The minimum atomic E-state index is -0.208. The van der Waals surface area contributed by atoms with Crippen LogP contribution in [0.25, 0.3) is 0 Å². The predicted octanol–water partition coefficient (Wildman–Crippen LogP) is 2.88. The zero-order valence-corrected chi connectivity index (χ0v) is 10.5. The topological polar surface area (TPSA) is 38.3 Å². The fourth-order valence-electron chi connectivity index (χ4n) is 1.50. The van der Waals surface area contributed by atoms with Gasteiger partial charge in [-0.2, -0.15) is 0 Å². The Balaban J connectivity index is 3.08. The van der Waals surface area contributed by atoms with Crippen molar-refractivity contribution >= 4 is 23.2 Å². The summed E-state index contributed by atoms with van der Waals surface area (Å²) >= 11 is 5.48. The number of nitrogens with one attached hydrogen (secondary N) is 1. The van der Waals surface area contributed by atoms with Gasteiger partial charge in [-0.15, -0.1) is 11.6 Å². The molecule has 0 radical (unpaired) electrons. The van der Waals surface area contributed by atoms with Gasteiger partial charge in [-0.05, 0) is 19.4 Å². The Hall–Kier alpha value is -1.06. The Morgan fingerprint density at radius 2 is 2.25 bits per heavy atom. The largest absolute Gasteiger partial charge is 0.377 e. The fourth-order valence-corrected chi connectivity index (χ4v) is 1.57. The molecular weight excluding hydrogens is 226 g/mol. The quantitative estimate of drug-likeness (QED) is 0.824. The Labute approximate surface area is 101 Å². The Morgan fingerprint density at radius 1 is 1.56 bits per heavy atom. The van der Waals surface area contributed by atoms with Crippen molar-refractivity contribution in [1.82, 2.24) is 0 Å². The van der Waals surface area contributed by atoms with Gasteiger partial charge in [-0.25, -0.2) is 0 Å². The van der Waals surface area contributed by atoms with E-state index in [4.69, 9.17) is 16.3 Å². The first-order chi connectivity index (χ1) is 7.60. The number of halogens is 1. The number of alkyl halides is 1. The van der Waals surface area contributed by atoms with Crippen molar-refractivity contribution in [3.63, 3.8) is 0 Å². The first-order valence-corrected chi connectivity index (χ1v) is 5.61. The number of benzene rings is 1. The molecule has 0 aliphatic rings. The van der Waals surface area contributed by atoms with E-state index in [1.807, 2.05) is 32.0 Å². The van der Waals surface area contributed by atoms with Crippen molar-refractivity contribution in [2.75, 3.05) is 18.3 Å². The van der Waals surface area contributed by atoms with Gasteiger partial charge in [0, 0.05) is 18.4 Å². The minimum absolute atomic E-state index is 0.0465. The van der Waals surface area contributed by atoms with Gasteiger partial charge in [0.25, 0.3) is 0 Å². The highest BCUT2D eigenvalue weighted by Crippen LogP contribution is 2.27. The summed E-state index contributed by atoms with van der Waals surface area (Å²) in [6, 6.07) is 5.82. The van der Waals surface area contributed by atoms with Gasteiger partial charge >= 0.3 is 0 Å². The molecule has 1 atom stereocenters. The van der Waals surface area contributed by atoms with E-state index < -0.39 is 0 Å². The van der Waals surface area contributed by atoms with Crippen molar-refractivity contribution < 1.29 is 9.53 Å². The number of hydrogen-bond acceptors (Lipinski definition) is 2. The molecule has 1 amide bonds. The Kier molecular flexibility index (Phi) is 4.77. The van der Waals surface area contributed by atoms with Gasteiger partial charge in [-0.3, -0.25) is 4.79 Å². The molecule has 0 aromatic heterocycles. The summed E-state index contributed by atoms with van der Waals surface area (Å²) in [5, 5.41) is 2.79. The summed E-state index contributed by atoms with van der Waals surface area (Å²) in [6.45, 7) is 3.88. The monoisotopic (exact) mass is 241 g/mol. The molecule has 3 nitrogen and oxygen atoms in total. The van der Waals surface area contributed by atoms with Crippen molar-refractivity contribution in [2.24, 2.45) is 0 Å². The van der Waals surface area contributed by atoms with E-state index in [1.54, 1.807) is 7.11 Å². The molecule has 88 valence electrons. The molecule has 1 rings (SSSR count). The number of para-hydroxylation sites is 1. The molecule has 0 saturated heterocycles.